The van der Waals surface area contributed by atoms with Crippen molar-refractivity contribution in [3.05, 3.63) is 41.1 Å². The Morgan fingerprint density at radius 1 is 1.33 bits per heavy atom. The highest BCUT2D eigenvalue weighted by atomic mass is 19.4. The van der Waals surface area contributed by atoms with Crippen molar-refractivity contribution in [3.63, 3.8) is 0 Å². The second-order valence-electron chi connectivity index (χ2n) is 7.10. The summed E-state index contributed by atoms with van der Waals surface area (Å²) in [6.45, 7) is 3.17. The van der Waals surface area contributed by atoms with Gasteiger partial charge in [0.25, 0.3) is 11.6 Å². The first kappa shape index (κ1) is 19.5. The Balaban J connectivity index is 1.81. The minimum Gasteiger partial charge on any atom is -0.484 e. The lowest BCUT2D eigenvalue weighted by Gasteiger charge is -2.36. The average Bonchev–Trinajstić information content (AvgIpc) is 2.75. The summed E-state index contributed by atoms with van der Waals surface area (Å²) in [6.07, 6.45) is -1.32. The van der Waals surface area contributed by atoms with E-state index in [2.05, 4.69) is 5.43 Å². The van der Waals surface area contributed by atoms with Crippen LogP contribution in [0.25, 0.3) is 0 Å². The zero-order chi connectivity index (χ0) is 19.8. The van der Waals surface area contributed by atoms with Crippen LogP contribution in [-0.2, 0) is 4.79 Å². The number of amides is 1. The van der Waals surface area contributed by atoms with Crippen molar-refractivity contribution < 1.29 is 27.8 Å². The van der Waals surface area contributed by atoms with Gasteiger partial charge in [0.1, 0.15) is 5.75 Å². The zero-order valence-corrected chi connectivity index (χ0v) is 15.3. The fraction of sp³-hybridized carbons (Fsp3) is 0.526. The molecule has 0 spiro atoms. The molecule has 1 aliphatic heterocycles. The van der Waals surface area contributed by atoms with Gasteiger partial charge in [-0.1, -0.05) is 18.6 Å². The number of allylic oxidation sites excluding steroid dienone is 1. The Hall–Kier alpha value is -2.22. The SMILES string of the molecule is Cc1ccc(OCC(=O)N2NC3=CCCCC[C@H]3[C@]2(O)C(F)(F)F)cc1C. The van der Waals surface area contributed by atoms with Crippen LogP contribution < -0.4 is 10.2 Å². The number of aryl methyl sites for hydroxylation is 2. The number of alkyl halides is 3. The van der Waals surface area contributed by atoms with E-state index in [-0.39, 0.29) is 17.1 Å². The van der Waals surface area contributed by atoms with Gasteiger partial charge in [0.15, 0.2) is 6.61 Å². The highest BCUT2D eigenvalue weighted by Gasteiger charge is 2.68. The highest BCUT2D eigenvalue weighted by molar-refractivity contribution is 5.79. The van der Waals surface area contributed by atoms with Crippen LogP contribution in [0.5, 0.6) is 5.75 Å². The lowest BCUT2D eigenvalue weighted by Crippen LogP contribution is -2.63. The largest absolute Gasteiger partial charge is 0.484 e. The van der Waals surface area contributed by atoms with Gasteiger partial charge >= 0.3 is 6.18 Å². The third kappa shape index (κ3) is 3.50. The molecule has 1 aliphatic carbocycles. The molecule has 0 radical (unpaired) electrons. The van der Waals surface area contributed by atoms with E-state index < -0.39 is 30.3 Å². The lowest BCUT2D eigenvalue weighted by molar-refractivity contribution is -0.318. The number of benzene rings is 1. The standard InChI is InChI=1S/C19H23F3N2O3/c1-12-8-9-14(10-13(12)2)27-11-17(25)24-18(26,19(20,21)22)15-6-4-3-5-7-16(15)23-24/h7-10,15,23,26H,3-6,11H2,1-2H3/t15-,18+/m1/s1. The van der Waals surface area contributed by atoms with Crippen molar-refractivity contribution in [2.75, 3.05) is 6.61 Å². The predicted molar refractivity (Wildman–Crippen MR) is 92.4 cm³/mol. The number of aliphatic hydroxyl groups is 1. The van der Waals surface area contributed by atoms with Crippen molar-refractivity contribution >= 4 is 5.91 Å². The summed E-state index contributed by atoms with van der Waals surface area (Å²) >= 11 is 0. The third-order valence-corrected chi connectivity index (χ3v) is 5.26. The van der Waals surface area contributed by atoms with Crippen LogP contribution >= 0.6 is 0 Å². The second kappa shape index (κ2) is 7.07. The summed E-state index contributed by atoms with van der Waals surface area (Å²) < 4.78 is 46.7. The van der Waals surface area contributed by atoms with Crippen LogP contribution in [0, 0.1) is 19.8 Å². The summed E-state index contributed by atoms with van der Waals surface area (Å²) in [6, 6.07) is 5.16. The summed E-state index contributed by atoms with van der Waals surface area (Å²) in [7, 11) is 0. The van der Waals surface area contributed by atoms with Crippen molar-refractivity contribution in [2.45, 2.75) is 51.4 Å². The second-order valence-corrected chi connectivity index (χ2v) is 7.10. The van der Waals surface area contributed by atoms with E-state index in [1.54, 1.807) is 24.3 Å². The third-order valence-electron chi connectivity index (χ3n) is 5.26. The Labute approximate surface area is 155 Å². The first-order valence-corrected chi connectivity index (χ1v) is 8.93. The van der Waals surface area contributed by atoms with Crippen LogP contribution in [0.4, 0.5) is 13.2 Å². The molecule has 0 saturated carbocycles. The number of hydrogen-bond acceptors (Lipinski definition) is 4. The Bertz CT molecular complexity index is 763. The quantitative estimate of drug-likeness (QED) is 0.839. The predicted octanol–water partition coefficient (Wildman–Crippen LogP) is 3.35. The Morgan fingerprint density at radius 3 is 2.74 bits per heavy atom. The molecule has 1 heterocycles. The number of ether oxygens (including phenoxy) is 1. The van der Waals surface area contributed by atoms with E-state index in [1.165, 1.54) is 0 Å². The molecule has 1 saturated heterocycles. The highest BCUT2D eigenvalue weighted by Crippen LogP contribution is 2.48. The fourth-order valence-corrected chi connectivity index (χ4v) is 3.55. The number of carbonyl (C=O) groups is 1. The molecule has 8 heteroatoms. The molecule has 27 heavy (non-hydrogen) atoms. The molecular formula is C19H23F3N2O3. The number of rotatable bonds is 3. The summed E-state index contributed by atoms with van der Waals surface area (Å²) in [4.78, 5) is 12.5. The van der Waals surface area contributed by atoms with Gasteiger partial charge in [-0.3, -0.25) is 10.2 Å². The van der Waals surface area contributed by atoms with E-state index in [0.717, 1.165) is 17.5 Å². The van der Waals surface area contributed by atoms with E-state index in [0.29, 0.717) is 18.6 Å². The van der Waals surface area contributed by atoms with Crippen LogP contribution in [0.2, 0.25) is 0 Å². The maximum atomic E-state index is 13.8. The van der Waals surface area contributed by atoms with Crippen molar-refractivity contribution in [3.8, 4) is 5.75 Å². The molecule has 0 bridgehead atoms. The summed E-state index contributed by atoms with van der Waals surface area (Å²) in [5, 5.41) is 10.9. The van der Waals surface area contributed by atoms with E-state index in [9.17, 15) is 23.1 Å². The zero-order valence-electron chi connectivity index (χ0n) is 15.3. The molecule has 1 amide bonds. The topological polar surface area (TPSA) is 61.8 Å². The number of hydrogen-bond donors (Lipinski definition) is 2. The molecule has 0 unspecified atom stereocenters. The molecule has 0 aromatic heterocycles. The minimum atomic E-state index is -5.00. The van der Waals surface area contributed by atoms with Gasteiger partial charge in [0.05, 0.1) is 5.92 Å². The first-order valence-electron chi connectivity index (χ1n) is 8.93. The van der Waals surface area contributed by atoms with E-state index in [4.69, 9.17) is 4.74 Å². The number of carbonyl (C=O) groups excluding carboxylic acids is 1. The Morgan fingerprint density at radius 2 is 2.07 bits per heavy atom. The van der Waals surface area contributed by atoms with Crippen molar-refractivity contribution in [1.82, 2.24) is 10.4 Å². The maximum Gasteiger partial charge on any atom is 0.439 e. The normalized spacial score (nSPS) is 25.3. The molecule has 148 valence electrons. The number of nitrogens with zero attached hydrogens (tertiary/aromatic N) is 1. The fourth-order valence-electron chi connectivity index (χ4n) is 3.55. The van der Waals surface area contributed by atoms with Crippen molar-refractivity contribution in [2.24, 2.45) is 5.92 Å². The number of fused-ring (bicyclic) bond motifs is 1. The van der Waals surface area contributed by atoms with Gasteiger partial charge in [0, 0.05) is 5.70 Å². The number of halogens is 3. The van der Waals surface area contributed by atoms with Crippen LogP contribution in [-0.4, -0.2) is 34.5 Å². The average molecular weight is 384 g/mol. The molecule has 5 nitrogen and oxygen atoms in total. The minimum absolute atomic E-state index is 0.149. The molecule has 1 aromatic carbocycles. The molecule has 2 N–H and O–H groups in total. The van der Waals surface area contributed by atoms with Gasteiger partial charge in [-0.25, -0.2) is 5.01 Å². The lowest BCUT2D eigenvalue weighted by atomic mass is 9.89. The van der Waals surface area contributed by atoms with E-state index in [1.807, 2.05) is 13.8 Å². The molecule has 1 fully saturated rings. The maximum absolute atomic E-state index is 13.8. The van der Waals surface area contributed by atoms with Gasteiger partial charge in [-0.05, 0) is 56.4 Å². The molecule has 2 atom stereocenters. The van der Waals surface area contributed by atoms with Gasteiger partial charge in [0.2, 0.25) is 0 Å². The summed E-state index contributed by atoms with van der Waals surface area (Å²) in [5.41, 5.74) is 1.42. The van der Waals surface area contributed by atoms with E-state index >= 15 is 0 Å². The van der Waals surface area contributed by atoms with Gasteiger partial charge in [-0.2, -0.15) is 13.2 Å². The Kier molecular flexibility index (Phi) is 5.12. The van der Waals surface area contributed by atoms with Crippen LogP contribution in [0.3, 0.4) is 0 Å². The molecule has 2 aliphatic rings. The van der Waals surface area contributed by atoms with Gasteiger partial charge < -0.3 is 9.84 Å². The number of hydrazine groups is 1. The van der Waals surface area contributed by atoms with Crippen molar-refractivity contribution in [1.29, 1.82) is 0 Å². The molecular weight excluding hydrogens is 361 g/mol. The molecule has 1 aromatic rings. The van der Waals surface area contributed by atoms with Gasteiger partial charge in [-0.15, -0.1) is 0 Å². The van der Waals surface area contributed by atoms with Crippen LogP contribution in [0.15, 0.2) is 30.0 Å². The smallest absolute Gasteiger partial charge is 0.439 e. The van der Waals surface area contributed by atoms with Crippen LogP contribution in [0.1, 0.15) is 36.8 Å². The monoisotopic (exact) mass is 384 g/mol. The first-order chi connectivity index (χ1) is 12.6. The summed E-state index contributed by atoms with van der Waals surface area (Å²) in [5.74, 6) is -1.82. The number of nitrogens with one attached hydrogen (secondary N) is 1. The molecule has 3 rings (SSSR count).